The largest absolute Gasteiger partial charge is 0.465 e. The first-order valence-corrected chi connectivity index (χ1v) is 14.8. The van der Waals surface area contributed by atoms with Gasteiger partial charge in [0, 0.05) is 33.3 Å². The Morgan fingerprint density at radius 1 is 1.14 bits per heavy atom. The fourth-order valence-corrected chi connectivity index (χ4v) is 7.51. The van der Waals surface area contributed by atoms with Crippen molar-refractivity contribution in [3.05, 3.63) is 56.1 Å². The highest BCUT2D eigenvalue weighted by molar-refractivity contribution is 7.99. The van der Waals surface area contributed by atoms with Crippen molar-refractivity contribution >= 4 is 51.3 Å². The average Bonchev–Trinajstić information content (AvgIpc) is 3.57. The highest BCUT2D eigenvalue weighted by atomic mass is 32.2. The number of anilines is 1. The number of amides is 1. The van der Waals surface area contributed by atoms with Gasteiger partial charge in [-0.25, -0.2) is 4.79 Å². The van der Waals surface area contributed by atoms with E-state index in [9.17, 15) is 9.59 Å². The summed E-state index contributed by atoms with van der Waals surface area (Å²) in [5.74, 6) is 0.338. The lowest BCUT2D eigenvalue weighted by molar-refractivity contribution is -0.113. The fourth-order valence-electron chi connectivity index (χ4n) is 4.64. The lowest BCUT2D eigenvalue weighted by Gasteiger charge is -2.11. The summed E-state index contributed by atoms with van der Waals surface area (Å²) in [5.41, 5.74) is 6.10. The molecule has 3 heterocycles. The number of nitrogens with zero attached hydrogens (tertiary/aromatic N) is 3. The number of hydrogen-bond donors (Lipinski definition) is 1. The standard InChI is InChI=1S/C27H28N4O3S3/c1-15-9-11-17(12-10-15)22-16(2)35-13-19(22)24-29-30-27(31(24)3)36-14-21(32)28-25-23(26(33)34-4)18-7-5-6-8-20(18)37-25/h9-13H,5-8,14H2,1-4H3,(H,28,32). The first-order valence-electron chi connectivity index (χ1n) is 12.1. The van der Waals surface area contributed by atoms with Crippen LogP contribution in [0.1, 0.15) is 44.1 Å². The Labute approximate surface area is 228 Å². The summed E-state index contributed by atoms with van der Waals surface area (Å²) in [6.45, 7) is 4.20. The van der Waals surface area contributed by atoms with Crippen LogP contribution in [0, 0.1) is 13.8 Å². The number of ether oxygens (including phenoxy) is 1. The number of aryl methyl sites for hydroxylation is 3. The third kappa shape index (κ3) is 5.10. The molecule has 3 aromatic heterocycles. The Kier molecular flexibility index (Phi) is 7.50. The summed E-state index contributed by atoms with van der Waals surface area (Å²) in [4.78, 5) is 27.7. The van der Waals surface area contributed by atoms with Gasteiger partial charge in [-0.3, -0.25) is 4.79 Å². The van der Waals surface area contributed by atoms with Gasteiger partial charge in [-0.1, -0.05) is 41.6 Å². The maximum absolute atomic E-state index is 12.9. The number of esters is 1. The van der Waals surface area contributed by atoms with Crippen LogP contribution in [0.15, 0.2) is 34.8 Å². The molecule has 10 heteroatoms. The molecule has 4 aromatic rings. The van der Waals surface area contributed by atoms with Crippen LogP contribution >= 0.6 is 34.4 Å². The number of carbonyl (C=O) groups is 2. The predicted octanol–water partition coefficient (Wildman–Crippen LogP) is 6.29. The van der Waals surface area contributed by atoms with Crippen LogP contribution in [0.3, 0.4) is 0 Å². The molecule has 0 aliphatic heterocycles. The number of thiophene rings is 2. The SMILES string of the molecule is COC(=O)c1c(NC(=O)CSc2nnc(-c3csc(C)c3-c3ccc(C)cc3)n2C)sc2c1CCCC2. The number of methoxy groups -OCH3 is 1. The van der Waals surface area contributed by atoms with Crippen LogP contribution in [0.4, 0.5) is 5.00 Å². The summed E-state index contributed by atoms with van der Waals surface area (Å²) in [5, 5.41) is 15.1. The Morgan fingerprint density at radius 3 is 2.65 bits per heavy atom. The molecular weight excluding hydrogens is 525 g/mol. The van der Waals surface area contributed by atoms with E-state index in [1.54, 1.807) is 11.3 Å². The highest BCUT2D eigenvalue weighted by Crippen LogP contribution is 2.40. The third-order valence-electron chi connectivity index (χ3n) is 6.54. The summed E-state index contributed by atoms with van der Waals surface area (Å²) < 4.78 is 6.94. The molecule has 0 bridgehead atoms. The number of thioether (sulfide) groups is 1. The summed E-state index contributed by atoms with van der Waals surface area (Å²) in [6.07, 6.45) is 3.92. The molecule has 0 saturated heterocycles. The number of hydrogen-bond acceptors (Lipinski definition) is 8. The van der Waals surface area contributed by atoms with Crippen LogP contribution in [0.25, 0.3) is 22.5 Å². The summed E-state index contributed by atoms with van der Waals surface area (Å²) in [7, 11) is 3.30. The molecule has 0 atom stereocenters. The fraction of sp³-hybridized carbons (Fsp3) is 0.333. The van der Waals surface area contributed by atoms with Gasteiger partial charge >= 0.3 is 5.97 Å². The summed E-state index contributed by atoms with van der Waals surface area (Å²) in [6, 6.07) is 8.50. The van der Waals surface area contributed by atoms with E-state index in [-0.39, 0.29) is 11.7 Å². The maximum atomic E-state index is 12.9. The van der Waals surface area contributed by atoms with Gasteiger partial charge in [0.15, 0.2) is 11.0 Å². The van der Waals surface area contributed by atoms with Gasteiger partial charge in [0.2, 0.25) is 5.91 Å². The molecule has 1 aromatic carbocycles. The topological polar surface area (TPSA) is 86.1 Å². The van der Waals surface area contributed by atoms with E-state index in [1.807, 2.05) is 11.6 Å². The van der Waals surface area contributed by atoms with Gasteiger partial charge in [-0.15, -0.1) is 32.9 Å². The van der Waals surface area contributed by atoms with Gasteiger partial charge in [0.05, 0.1) is 18.4 Å². The van der Waals surface area contributed by atoms with E-state index >= 15 is 0 Å². The first-order chi connectivity index (χ1) is 17.9. The second-order valence-corrected chi connectivity index (χ2v) is 12.2. The Bertz CT molecular complexity index is 1470. The second kappa shape index (κ2) is 10.8. The molecule has 0 fully saturated rings. The van der Waals surface area contributed by atoms with Gasteiger partial charge in [-0.2, -0.15) is 0 Å². The Hall–Kier alpha value is -2.95. The number of rotatable bonds is 7. The Balaban J connectivity index is 1.32. The molecule has 0 unspecified atom stereocenters. The molecule has 37 heavy (non-hydrogen) atoms. The number of carbonyl (C=O) groups excluding carboxylic acids is 2. The lowest BCUT2D eigenvalue weighted by Crippen LogP contribution is -2.17. The second-order valence-electron chi connectivity index (χ2n) is 9.06. The molecule has 1 amide bonds. The monoisotopic (exact) mass is 552 g/mol. The molecule has 5 rings (SSSR count). The number of fused-ring (bicyclic) bond motifs is 1. The van der Waals surface area contributed by atoms with E-state index in [4.69, 9.17) is 4.74 Å². The minimum Gasteiger partial charge on any atom is -0.465 e. The van der Waals surface area contributed by atoms with Crippen LogP contribution in [0.5, 0.6) is 0 Å². The zero-order valence-electron chi connectivity index (χ0n) is 21.2. The molecule has 1 N–H and O–H groups in total. The smallest absolute Gasteiger partial charge is 0.341 e. The van der Waals surface area contributed by atoms with Crippen molar-refractivity contribution in [3.63, 3.8) is 0 Å². The predicted molar refractivity (Wildman–Crippen MR) is 151 cm³/mol. The van der Waals surface area contributed by atoms with E-state index in [1.165, 1.54) is 45.5 Å². The summed E-state index contributed by atoms with van der Waals surface area (Å²) >= 11 is 4.50. The molecule has 0 saturated carbocycles. The van der Waals surface area contributed by atoms with E-state index in [0.717, 1.165) is 53.8 Å². The number of benzene rings is 1. The van der Waals surface area contributed by atoms with Gasteiger partial charge < -0.3 is 14.6 Å². The molecule has 7 nitrogen and oxygen atoms in total. The lowest BCUT2D eigenvalue weighted by atomic mass is 9.95. The van der Waals surface area contributed by atoms with Crippen molar-refractivity contribution < 1.29 is 14.3 Å². The van der Waals surface area contributed by atoms with Gasteiger partial charge in [-0.05, 0) is 50.7 Å². The number of aromatic nitrogens is 3. The quantitative estimate of drug-likeness (QED) is 0.214. The van der Waals surface area contributed by atoms with Crippen LogP contribution in [-0.4, -0.2) is 39.5 Å². The molecule has 1 aliphatic carbocycles. The van der Waals surface area contributed by atoms with Crippen molar-refractivity contribution in [2.45, 2.75) is 44.7 Å². The zero-order valence-corrected chi connectivity index (χ0v) is 23.7. The van der Waals surface area contributed by atoms with Crippen LogP contribution in [0.2, 0.25) is 0 Å². The van der Waals surface area contributed by atoms with Crippen molar-refractivity contribution in [1.29, 1.82) is 0 Å². The van der Waals surface area contributed by atoms with Crippen molar-refractivity contribution in [2.24, 2.45) is 7.05 Å². The first kappa shape index (κ1) is 25.7. The van der Waals surface area contributed by atoms with Gasteiger partial charge in [0.1, 0.15) is 5.00 Å². The number of nitrogens with one attached hydrogen (secondary N) is 1. The maximum Gasteiger partial charge on any atom is 0.341 e. The zero-order chi connectivity index (χ0) is 26.1. The van der Waals surface area contributed by atoms with Gasteiger partial charge in [0.25, 0.3) is 0 Å². The van der Waals surface area contributed by atoms with Crippen molar-refractivity contribution in [2.75, 3.05) is 18.2 Å². The molecular formula is C27H28N4O3S3. The van der Waals surface area contributed by atoms with E-state index in [2.05, 4.69) is 59.0 Å². The minimum absolute atomic E-state index is 0.155. The third-order valence-corrected chi connectivity index (χ3v) is 9.68. The normalized spacial score (nSPS) is 12.9. The Morgan fingerprint density at radius 2 is 1.89 bits per heavy atom. The van der Waals surface area contributed by atoms with Crippen molar-refractivity contribution in [1.82, 2.24) is 14.8 Å². The van der Waals surface area contributed by atoms with Crippen molar-refractivity contribution in [3.8, 4) is 22.5 Å². The van der Waals surface area contributed by atoms with Crippen LogP contribution < -0.4 is 5.32 Å². The van der Waals surface area contributed by atoms with E-state index in [0.29, 0.717) is 15.7 Å². The average molecular weight is 553 g/mol. The molecule has 1 aliphatic rings. The molecule has 0 radical (unpaired) electrons. The molecule has 192 valence electrons. The molecule has 0 spiro atoms. The minimum atomic E-state index is -0.393. The highest BCUT2D eigenvalue weighted by Gasteiger charge is 2.27. The van der Waals surface area contributed by atoms with E-state index < -0.39 is 5.97 Å². The van der Waals surface area contributed by atoms with Crippen LogP contribution in [-0.2, 0) is 29.4 Å².